The molecule has 2 N–H and O–H groups in total. The molecule has 14 heteroatoms. The molecule has 2 aromatic heterocycles. The number of benzene rings is 4. The van der Waals surface area contributed by atoms with Crippen LogP contribution in [0.1, 0.15) is 54.5 Å². The smallest absolute Gasteiger partial charge is 0.215 e. The van der Waals surface area contributed by atoms with Crippen molar-refractivity contribution in [3.63, 3.8) is 0 Å². The number of ketones is 2. The highest BCUT2D eigenvalue weighted by Crippen LogP contribution is 2.45. The molecule has 4 aromatic carbocycles. The summed E-state index contributed by atoms with van der Waals surface area (Å²) in [7, 11) is 0. The van der Waals surface area contributed by atoms with Crippen LogP contribution in [0.2, 0.25) is 0 Å². The Morgan fingerprint density at radius 3 is 1.33 bits per heavy atom. The van der Waals surface area contributed by atoms with Gasteiger partial charge in [-0.05, 0) is 29.3 Å². The third-order valence-electron chi connectivity index (χ3n) is 7.97. The minimum absolute atomic E-state index is 0.00852. The van der Waals surface area contributed by atoms with Gasteiger partial charge in [0.2, 0.25) is 23.2 Å². The van der Waals surface area contributed by atoms with Crippen LogP contribution in [0.25, 0.3) is 0 Å². The number of halogens is 10. The van der Waals surface area contributed by atoms with E-state index in [2.05, 4.69) is 9.97 Å². The average Bonchev–Trinajstić information content (AvgIpc) is 3.81. The Bertz CT molecular complexity index is 2060. The highest BCUT2D eigenvalue weighted by molar-refractivity contribution is 6.10. The number of carbonyl (C=O) groups excluding carboxylic acids is 2. The largest absolute Gasteiger partial charge is 0.363 e. The Labute approximate surface area is 268 Å². The molecule has 0 atom stereocenters. The fourth-order valence-corrected chi connectivity index (χ4v) is 5.69. The Kier molecular flexibility index (Phi) is 8.26. The molecule has 248 valence electrons. The van der Waals surface area contributed by atoms with Gasteiger partial charge >= 0.3 is 0 Å². The predicted octanol–water partition coefficient (Wildman–Crippen LogP) is 8.58. The van der Waals surface area contributed by atoms with Crippen LogP contribution in [-0.2, 0) is 5.41 Å². The minimum Gasteiger partial charge on any atom is -0.363 e. The maximum atomic E-state index is 14.6. The average molecular weight is 687 g/mol. The first-order chi connectivity index (χ1) is 23.3. The predicted molar refractivity (Wildman–Crippen MR) is 153 cm³/mol. The normalized spacial score (nSPS) is 11.6. The third-order valence-corrected chi connectivity index (χ3v) is 7.97. The lowest BCUT2D eigenvalue weighted by Gasteiger charge is -2.34. The molecule has 0 amide bonds. The standard InChI is InChI=1S/C35H16F10N2O2/c36-23-21(24(37)28(41)31(44)27(23)40)33(48)15-13-20(46-14-15)35(16-7-3-1-4-8-16,17-9-5-2-6-10-17)19-12-11-18(47-19)34(49)22-25(38)29(42)32(45)30(43)26(22)39/h1-14,46-47H. The lowest BCUT2D eigenvalue weighted by atomic mass is 9.69. The summed E-state index contributed by atoms with van der Waals surface area (Å²) in [6, 6.07) is 19.4. The molecule has 49 heavy (non-hydrogen) atoms. The van der Waals surface area contributed by atoms with Crippen LogP contribution in [0.4, 0.5) is 43.9 Å². The number of hydrogen-bond donors (Lipinski definition) is 2. The number of aromatic amines is 2. The molecule has 4 nitrogen and oxygen atoms in total. The van der Waals surface area contributed by atoms with Gasteiger partial charge in [-0.1, -0.05) is 60.7 Å². The van der Waals surface area contributed by atoms with Crippen molar-refractivity contribution in [2.75, 3.05) is 0 Å². The fraction of sp³-hybridized carbons (Fsp3) is 0.0286. The van der Waals surface area contributed by atoms with Gasteiger partial charge in [-0.15, -0.1) is 0 Å². The summed E-state index contributed by atoms with van der Waals surface area (Å²) in [6.07, 6.45) is 0.945. The number of aromatic nitrogens is 2. The summed E-state index contributed by atoms with van der Waals surface area (Å²) >= 11 is 0. The second-order valence-electron chi connectivity index (χ2n) is 10.6. The van der Waals surface area contributed by atoms with E-state index < -0.39 is 97.5 Å². The number of carbonyl (C=O) groups is 2. The molecule has 0 spiro atoms. The second kappa shape index (κ2) is 12.3. The molecular weight excluding hydrogens is 670 g/mol. The lowest BCUT2D eigenvalue weighted by Crippen LogP contribution is -2.32. The first kappa shape index (κ1) is 33.0. The molecule has 0 unspecified atom stereocenters. The Morgan fingerprint density at radius 2 is 0.878 bits per heavy atom. The molecule has 0 saturated heterocycles. The van der Waals surface area contributed by atoms with E-state index in [9.17, 15) is 53.5 Å². The highest BCUT2D eigenvalue weighted by Gasteiger charge is 2.42. The Morgan fingerprint density at radius 1 is 0.469 bits per heavy atom. The monoisotopic (exact) mass is 686 g/mol. The first-order valence-electron chi connectivity index (χ1n) is 13.9. The summed E-state index contributed by atoms with van der Waals surface area (Å²) in [5.41, 5.74) is -5.55. The summed E-state index contributed by atoms with van der Waals surface area (Å²) in [4.78, 5) is 32.0. The zero-order chi connectivity index (χ0) is 35.4. The molecule has 0 aliphatic carbocycles. The number of H-pyrrole nitrogens is 2. The van der Waals surface area contributed by atoms with Crippen molar-refractivity contribution in [3.8, 4) is 0 Å². The first-order valence-corrected chi connectivity index (χ1v) is 13.9. The van der Waals surface area contributed by atoms with Crippen molar-refractivity contribution in [1.29, 1.82) is 0 Å². The van der Waals surface area contributed by atoms with E-state index in [0.29, 0.717) is 11.1 Å². The van der Waals surface area contributed by atoms with E-state index in [4.69, 9.17) is 0 Å². The molecule has 0 aliphatic heterocycles. The van der Waals surface area contributed by atoms with Crippen LogP contribution in [-0.4, -0.2) is 21.5 Å². The molecule has 6 rings (SSSR count). The van der Waals surface area contributed by atoms with Gasteiger partial charge in [0.15, 0.2) is 46.5 Å². The van der Waals surface area contributed by atoms with Gasteiger partial charge < -0.3 is 9.97 Å². The van der Waals surface area contributed by atoms with Crippen molar-refractivity contribution in [3.05, 3.63) is 188 Å². The number of nitrogens with one attached hydrogen (secondary N) is 2. The van der Waals surface area contributed by atoms with Gasteiger partial charge in [-0.3, -0.25) is 9.59 Å². The summed E-state index contributed by atoms with van der Waals surface area (Å²) in [5.74, 6) is -26.9. The summed E-state index contributed by atoms with van der Waals surface area (Å²) in [6.45, 7) is 0. The SMILES string of the molecule is O=C(c1c[nH]c(C(c2ccccc2)(c2ccccc2)c2ccc(C(=O)c3c(F)c(F)c(F)c(F)c3F)[nH]2)c1)c1c(F)c(F)c(F)c(F)c1F. The summed E-state index contributed by atoms with van der Waals surface area (Å²) < 4.78 is 142. The highest BCUT2D eigenvalue weighted by atomic mass is 19.2. The van der Waals surface area contributed by atoms with Gasteiger partial charge in [0.05, 0.1) is 5.69 Å². The van der Waals surface area contributed by atoms with Crippen molar-refractivity contribution < 1.29 is 53.5 Å². The van der Waals surface area contributed by atoms with E-state index in [1.165, 1.54) is 6.07 Å². The molecule has 0 aliphatic rings. The van der Waals surface area contributed by atoms with Crippen molar-refractivity contribution >= 4 is 11.6 Å². The molecule has 2 heterocycles. The van der Waals surface area contributed by atoms with Gasteiger partial charge in [-0.25, -0.2) is 43.9 Å². The fourth-order valence-electron chi connectivity index (χ4n) is 5.69. The van der Waals surface area contributed by atoms with Gasteiger partial charge in [0.1, 0.15) is 16.5 Å². The van der Waals surface area contributed by atoms with Crippen LogP contribution in [0.3, 0.4) is 0 Å². The quantitative estimate of drug-likeness (QED) is 0.0730. The van der Waals surface area contributed by atoms with Crippen molar-refractivity contribution in [1.82, 2.24) is 9.97 Å². The maximum absolute atomic E-state index is 14.6. The Balaban J connectivity index is 1.58. The van der Waals surface area contributed by atoms with E-state index in [1.807, 2.05) is 0 Å². The molecule has 0 radical (unpaired) electrons. The van der Waals surface area contributed by atoms with Crippen LogP contribution in [0, 0.1) is 58.2 Å². The van der Waals surface area contributed by atoms with Crippen LogP contribution in [0.5, 0.6) is 0 Å². The van der Waals surface area contributed by atoms with Gasteiger partial charge in [0, 0.05) is 23.1 Å². The number of rotatable bonds is 8. The van der Waals surface area contributed by atoms with Crippen LogP contribution >= 0.6 is 0 Å². The molecule has 6 aromatic rings. The van der Waals surface area contributed by atoms with Crippen LogP contribution < -0.4 is 0 Å². The molecule has 0 fully saturated rings. The third kappa shape index (κ3) is 5.02. The van der Waals surface area contributed by atoms with E-state index in [1.54, 1.807) is 60.7 Å². The maximum Gasteiger partial charge on any atom is 0.215 e. The van der Waals surface area contributed by atoms with Crippen LogP contribution in [0.15, 0.2) is 85.1 Å². The van der Waals surface area contributed by atoms with Gasteiger partial charge in [0.25, 0.3) is 0 Å². The zero-order valence-corrected chi connectivity index (χ0v) is 24.2. The van der Waals surface area contributed by atoms with E-state index >= 15 is 0 Å². The second-order valence-corrected chi connectivity index (χ2v) is 10.6. The van der Waals surface area contributed by atoms with Gasteiger partial charge in [-0.2, -0.15) is 0 Å². The lowest BCUT2D eigenvalue weighted by molar-refractivity contribution is 0.101. The summed E-state index contributed by atoms with van der Waals surface area (Å²) in [5, 5.41) is 0. The number of hydrogen-bond acceptors (Lipinski definition) is 2. The van der Waals surface area contributed by atoms with Crippen molar-refractivity contribution in [2.24, 2.45) is 0 Å². The molecule has 0 saturated carbocycles. The topological polar surface area (TPSA) is 65.7 Å². The zero-order valence-electron chi connectivity index (χ0n) is 24.2. The van der Waals surface area contributed by atoms with E-state index in [-0.39, 0.29) is 11.4 Å². The van der Waals surface area contributed by atoms with E-state index in [0.717, 1.165) is 18.3 Å². The van der Waals surface area contributed by atoms with Crippen molar-refractivity contribution in [2.45, 2.75) is 5.41 Å². The molecule has 0 bridgehead atoms. The minimum atomic E-state index is -2.46. The molecular formula is C35H16F10N2O2. The Hall–Kier alpha value is -5.92.